The van der Waals surface area contributed by atoms with Crippen LogP contribution in [0.5, 0.6) is 0 Å². The Bertz CT molecular complexity index is 447. The Morgan fingerprint density at radius 3 is 2.29 bits per heavy atom. The summed E-state index contributed by atoms with van der Waals surface area (Å²) in [5.41, 5.74) is 0. The molecule has 2 aliphatic carbocycles. The summed E-state index contributed by atoms with van der Waals surface area (Å²) in [5, 5.41) is 0. The zero-order valence-corrected chi connectivity index (χ0v) is 17.6. The SMILES string of the molecule is CC(C)[C@@H]1[C@@H]2C=C(O[Si](C)(C)C)[C@H]1CC(=O)CCCCCCCC2. The van der Waals surface area contributed by atoms with E-state index in [9.17, 15) is 4.79 Å². The van der Waals surface area contributed by atoms with Gasteiger partial charge >= 0.3 is 0 Å². The van der Waals surface area contributed by atoms with Crippen molar-refractivity contribution in [2.45, 2.75) is 91.3 Å². The van der Waals surface area contributed by atoms with Crippen molar-refractivity contribution in [2.75, 3.05) is 0 Å². The number of ketones is 1. The van der Waals surface area contributed by atoms with Crippen molar-refractivity contribution < 1.29 is 9.22 Å². The third-order valence-corrected chi connectivity index (χ3v) is 6.44. The van der Waals surface area contributed by atoms with Crippen LogP contribution in [0.1, 0.15) is 71.6 Å². The van der Waals surface area contributed by atoms with Gasteiger partial charge in [-0.1, -0.05) is 46.0 Å². The van der Waals surface area contributed by atoms with E-state index < -0.39 is 8.32 Å². The van der Waals surface area contributed by atoms with Gasteiger partial charge in [-0.3, -0.25) is 4.79 Å². The molecule has 2 aliphatic rings. The first-order valence-corrected chi connectivity index (χ1v) is 13.6. The predicted molar refractivity (Wildman–Crippen MR) is 104 cm³/mol. The molecular weight excluding hydrogens is 312 g/mol. The lowest BCUT2D eigenvalue weighted by molar-refractivity contribution is -0.120. The monoisotopic (exact) mass is 350 g/mol. The van der Waals surface area contributed by atoms with Crippen LogP contribution >= 0.6 is 0 Å². The molecule has 0 aromatic carbocycles. The van der Waals surface area contributed by atoms with Crippen molar-refractivity contribution in [1.29, 1.82) is 0 Å². The summed E-state index contributed by atoms with van der Waals surface area (Å²) in [6.45, 7) is 11.4. The molecule has 1 saturated carbocycles. The largest absolute Gasteiger partial charge is 0.547 e. The number of carbonyl (C=O) groups is 1. The van der Waals surface area contributed by atoms with Crippen LogP contribution in [-0.2, 0) is 9.22 Å². The van der Waals surface area contributed by atoms with Crippen LogP contribution in [-0.4, -0.2) is 14.1 Å². The molecule has 2 bridgehead atoms. The van der Waals surface area contributed by atoms with Gasteiger partial charge in [0, 0.05) is 18.8 Å². The molecule has 0 amide bonds. The number of hydrogen-bond acceptors (Lipinski definition) is 2. The number of carbonyl (C=O) groups excluding carboxylic acids is 1. The molecule has 2 nitrogen and oxygen atoms in total. The molecule has 0 radical (unpaired) electrons. The van der Waals surface area contributed by atoms with Crippen LogP contribution in [0.2, 0.25) is 19.6 Å². The normalized spacial score (nSPS) is 30.3. The van der Waals surface area contributed by atoms with Gasteiger partial charge in [0.15, 0.2) is 0 Å². The standard InChI is InChI=1S/C21H38O2Si/c1-16(2)21-17-12-10-8-6-7-9-11-13-18(22)15-19(21)20(14-17)23-24(3,4)5/h14,16-17,19,21H,6-13,15H2,1-5H3/t17-,19+,21+/m0/s1. The van der Waals surface area contributed by atoms with Crippen LogP contribution < -0.4 is 0 Å². The first-order valence-electron chi connectivity index (χ1n) is 10.2. The van der Waals surface area contributed by atoms with Crippen LogP contribution in [0.3, 0.4) is 0 Å². The van der Waals surface area contributed by atoms with Gasteiger partial charge in [-0.15, -0.1) is 0 Å². The summed E-state index contributed by atoms with van der Waals surface area (Å²) in [6.07, 6.45) is 12.8. The van der Waals surface area contributed by atoms with Gasteiger partial charge in [0.1, 0.15) is 5.78 Å². The Morgan fingerprint density at radius 2 is 1.67 bits per heavy atom. The highest BCUT2D eigenvalue weighted by Gasteiger charge is 2.41. The van der Waals surface area contributed by atoms with Crippen LogP contribution in [0.25, 0.3) is 0 Å². The molecule has 0 saturated heterocycles. The molecule has 0 N–H and O–H groups in total. The van der Waals surface area contributed by atoms with E-state index in [4.69, 9.17) is 4.43 Å². The van der Waals surface area contributed by atoms with Crippen molar-refractivity contribution in [2.24, 2.45) is 23.7 Å². The summed E-state index contributed by atoms with van der Waals surface area (Å²) >= 11 is 0. The average Bonchev–Trinajstić information content (AvgIpc) is 2.77. The summed E-state index contributed by atoms with van der Waals surface area (Å²) in [4.78, 5) is 12.6. The molecule has 138 valence electrons. The third-order valence-electron chi connectivity index (χ3n) is 5.59. The van der Waals surface area contributed by atoms with E-state index in [2.05, 4.69) is 39.6 Å². The molecule has 0 spiro atoms. The number of hydrogen-bond donors (Lipinski definition) is 0. The molecule has 3 atom stereocenters. The topological polar surface area (TPSA) is 26.3 Å². The summed E-state index contributed by atoms with van der Waals surface area (Å²) < 4.78 is 6.47. The van der Waals surface area contributed by atoms with Crippen LogP contribution in [0, 0.1) is 23.7 Å². The van der Waals surface area contributed by atoms with E-state index in [0.717, 1.165) is 12.8 Å². The first kappa shape index (κ1) is 19.7. The minimum Gasteiger partial charge on any atom is -0.547 e. The maximum absolute atomic E-state index is 12.6. The quantitative estimate of drug-likeness (QED) is 0.556. The van der Waals surface area contributed by atoms with Gasteiger partial charge < -0.3 is 4.43 Å². The first-order chi connectivity index (χ1) is 11.3. The minimum atomic E-state index is -1.63. The fourth-order valence-electron chi connectivity index (χ4n) is 4.63. The lowest BCUT2D eigenvalue weighted by atomic mass is 9.75. The summed E-state index contributed by atoms with van der Waals surface area (Å²) in [5.74, 6) is 3.75. The van der Waals surface area contributed by atoms with Crippen LogP contribution in [0.4, 0.5) is 0 Å². The third kappa shape index (κ3) is 5.75. The van der Waals surface area contributed by atoms with Gasteiger partial charge in [-0.05, 0) is 56.3 Å². The smallest absolute Gasteiger partial charge is 0.241 e. The number of Topliss-reactive ketones (excluding diaryl/α,β-unsaturated/α-hetero) is 1. The van der Waals surface area contributed by atoms with Gasteiger partial charge in [-0.2, -0.15) is 0 Å². The maximum atomic E-state index is 12.6. The van der Waals surface area contributed by atoms with E-state index >= 15 is 0 Å². The van der Waals surface area contributed by atoms with Gasteiger partial charge in [0.2, 0.25) is 8.32 Å². The highest BCUT2D eigenvalue weighted by atomic mass is 28.4. The average molecular weight is 351 g/mol. The molecule has 3 heteroatoms. The maximum Gasteiger partial charge on any atom is 0.241 e. The Hall–Kier alpha value is -0.573. The fraction of sp³-hybridized carbons (Fsp3) is 0.857. The molecule has 1 fully saturated rings. The zero-order valence-electron chi connectivity index (χ0n) is 16.6. The summed E-state index contributed by atoms with van der Waals surface area (Å²) in [7, 11) is -1.63. The highest BCUT2D eigenvalue weighted by molar-refractivity contribution is 6.70. The fourth-order valence-corrected chi connectivity index (χ4v) is 5.55. The zero-order chi connectivity index (χ0) is 17.7. The van der Waals surface area contributed by atoms with Crippen LogP contribution in [0.15, 0.2) is 11.8 Å². The molecule has 24 heavy (non-hydrogen) atoms. The second kappa shape index (κ2) is 8.69. The van der Waals surface area contributed by atoms with Gasteiger partial charge in [0.25, 0.3) is 0 Å². The second-order valence-electron chi connectivity index (χ2n) is 9.28. The Kier molecular flexibility index (Phi) is 7.15. The predicted octanol–water partition coefficient (Wildman–Crippen LogP) is 6.33. The Balaban J connectivity index is 2.23. The lowest BCUT2D eigenvalue weighted by Crippen LogP contribution is -2.30. The molecule has 0 aromatic heterocycles. The summed E-state index contributed by atoms with van der Waals surface area (Å²) in [6, 6.07) is 0. The van der Waals surface area contributed by atoms with Crippen molar-refractivity contribution in [3.05, 3.63) is 11.8 Å². The Labute approximate surface area is 150 Å². The van der Waals surface area contributed by atoms with Gasteiger partial charge in [0.05, 0.1) is 5.76 Å². The molecule has 2 rings (SSSR count). The van der Waals surface area contributed by atoms with Crippen molar-refractivity contribution in [1.82, 2.24) is 0 Å². The number of allylic oxidation sites excluding steroid dienone is 2. The van der Waals surface area contributed by atoms with Gasteiger partial charge in [-0.25, -0.2) is 0 Å². The molecule has 0 unspecified atom stereocenters. The molecule has 0 aromatic rings. The van der Waals surface area contributed by atoms with Crippen molar-refractivity contribution >= 4 is 14.1 Å². The molecule has 0 heterocycles. The Morgan fingerprint density at radius 1 is 1.04 bits per heavy atom. The molecule has 0 aliphatic heterocycles. The van der Waals surface area contributed by atoms with E-state index in [1.807, 2.05) is 0 Å². The number of rotatable bonds is 3. The van der Waals surface area contributed by atoms with E-state index in [0.29, 0.717) is 35.9 Å². The minimum absolute atomic E-state index is 0.329. The highest BCUT2D eigenvalue weighted by Crippen LogP contribution is 2.46. The number of fused-ring (bicyclic) bond motifs is 2. The lowest BCUT2D eigenvalue weighted by Gasteiger charge is -2.31. The van der Waals surface area contributed by atoms with E-state index in [-0.39, 0.29) is 0 Å². The van der Waals surface area contributed by atoms with Crippen molar-refractivity contribution in [3.8, 4) is 0 Å². The van der Waals surface area contributed by atoms with E-state index in [1.165, 1.54) is 44.3 Å². The molecular formula is C21H38O2Si. The van der Waals surface area contributed by atoms with E-state index in [1.54, 1.807) is 0 Å². The van der Waals surface area contributed by atoms with Crippen molar-refractivity contribution in [3.63, 3.8) is 0 Å². The second-order valence-corrected chi connectivity index (χ2v) is 13.7.